The Morgan fingerprint density at radius 2 is 1.02 bits per heavy atom. The van der Waals surface area contributed by atoms with Crippen LogP contribution in [0.3, 0.4) is 0 Å². The van der Waals surface area contributed by atoms with Gasteiger partial charge in [-0.1, -0.05) is 109 Å². The molecule has 7 aromatic rings. The molecule has 1 aliphatic rings. The van der Waals surface area contributed by atoms with Crippen molar-refractivity contribution in [1.29, 1.82) is 0 Å². The summed E-state index contributed by atoms with van der Waals surface area (Å²) in [6.45, 7) is 8.33. The van der Waals surface area contributed by atoms with Gasteiger partial charge in [0.25, 0.3) is 0 Å². The molecule has 0 N–H and O–H groups in total. The summed E-state index contributed by atoms with van der Waals surface area (Å²) in [7, 11) is -0.521. The van der Waals surface area contributed by atoms with Gasteiger partial charge in [0.1, 0.15) is 0 Å². The minimum atomic E-state index is -0.521. The van der Waals surface area contributed by atoms with E-state index in [4.69, 9.17) is 24.3 Å². The molecule has 0 spiro atoms. The van der Waals surface area contributed by atoms with Gasteiger partial charge in [-0.15, -0.1) is 11.3 Å². The van der Waals surface area contributed by atoms with Gasteiger partial charge in [0, 0.05) is 36.9 Å². The molecule has 0 amide bonds. The van der Waals surface area contributed by atoms with E-state index in [1.54, 1.807) is 11.3 Å². The van der Waals surface area contributed by atoms with Crippen LogP contribution in [0.25, 0.3) is 65.5 Å². The normalized spacial score (nSPS) is 15.5. The van der Waals surface area contributed by atoms with E-state index in [9.17, 15) is 0 Å². The lowest BCUT2D eigenvalue weighted by Gasteiger charge is -2.32. The van der Waals surface area contributed by atoms with Crippen molar-refractivity contribution in [3.05, 3.63) is 121 Å². The van der Waals surface area contributed by atoms with Crippen LogP contribution in [0.4, 0.5) is 0 Å². The zero-order valence-corrected chi connectivity index (χ0v) is 27.0. The molecule has 7 heteroatoms. The van der Waals surface area contributed by atoms with E-state index in [1.165, 1.54) is 15.6 Å². The zero-order chi connectivity index (χ0) is 31.5. The predicted molar refractivity (Wildman–Crippen MR) is 190 cm³/mol. The van der Waals surface area contributed by atoms with Crippen LogP contribution in [0.2, 0.25) is 0 Å². The number of hydrogen-bond acceptors (Lipinski definition) is 6. The number of hydrogen-bond donors (Lipinski definition) is 0. The minimum absolute atomic E-state index is 0.462. The first kappa shape index (κ1) is 28.8. The highest BCUT2D eigenvalue weighted by molar-refractivity contribution is 7.26. The van der Waals surface area contributed by atoms with Gasteiger partial charge in [-0.05, 0) is 56.4 Å². The van der Waals surface area contributed by atoms with E-state index < -0.39 is 18.3 Å². The average Bonchev–Trinajstić information content (AvgIpc) is 3.57. The third-order valence-corrected chi connectivity index (χ3v) is 10.4. The largest absolute Gasteiger partial charge is 0.494 e. The van der Waals surface area contributed by atoms with E-state index in [0.717, 1.165) is 37.8 Å². The maximum Gasteiger partial charge on any atom is 0.494 e. The van der Waals surface area contributed by atoms with Crippen molar-refractivity contribution in [2.45, 2.75) is 38.9 Å². The van der Waals surface area contributed by atoms with Crippen molar-refractivity contribution in [3.63, 3.8) is 0 Å². The van der Waals surface area contributed by atoms with E-state index >= 15 is 0 Å². The lowest BCUT2D eigenvalue weighted by atomic mass is 9.77. The standard InChI is InChI=1S/C39H32BN3O2S/c1-38(2)39(3,4)45-40(44-38)29-23-31-30-17-11-12-18-33(30)46-34(31)32(24-29)37-42-35(27-15-9-6-10-16-27)41-36(43-37)28-21-19-26(20-22-28)25-13-7-5-8-14-25/h5-24H,1-4H3. The van der Waals surface area contributed by atoms with Crippen molar-refractivity contribution >= 4 is 44.1 Å². The van der Waals surface area contributed by atoms with Gasteiger partial charge in [-0.3, -0.25) is 0 Å². The molecule has 5 aromatic carbocycles. The van der Waals surface area contributed by atoms with Crippen molar-refractivity contribution in [2.24, 2.45) is 0 Å². The number of aromatic nitrogens is 3. The second-order valence-corrected chi connectivity index (χ2v) is 13.8. The molecular formula is C39H32BN3O2S. The van der Waals surface area contributed by atoms with Crippen molar-refractivity contribution in [1.82, 2.24) is 15.0 Å². The molecule has 5 nitrogen and oxygen atoms in total. The highest BCUT2D eigenvalue weighted by Gasteiger charge is 2.52. The third-order valence-electron chi connectivity index (χ3n) is 9.18. The molecule has 1 saturated heterocycles. The third kappa shape index (κ3) is 5.01. The Morgan fingerprint density at radius 3 is 1.67 bits per heavy atom. The Labute approximate surface area is 273 Å². The zero-order valence-electron chi connectivity index (χ0n) is 26.2. The monoisotopic (exact) mass is 617 g/mol. The Bertz CT molecular complexity index is 2200. The topological polar surface area (TPSA) is 57.1 Å². The lowest BCUT2D eigenvalue weighted by molar-refractivity contribution is 0.00578. The van der Waals surface area contributed by atoms with Gasteiger partial charge in [-0.2, -0.15) is 0 Å². The van der Waals surface area contributed by atoms with Crippen LogP contribution < -0.4 is 5.46 Å². The first-order chi connectivity index (χ1) is 22.3. The molecule has 0 saturated carbocycles. The van der Waals surface area contributed by atoms with E-state index in [2.05, 4.69) is 113 Å². The fourth-order valence-electron chi connectivity index (χ4n) is 5.91. The van der Waals surface area contributed by atoms with Gasteiger partial charge in [0.2, 0.25) is 0 Å². The van der Waals surface area contributed by atoms with Crippen LogP contribution in [-0.4, -0.2) is 33.3 Å². The van der Waals surface area contributed by atoms with Crippen molar-refractivity contribution < 1.29 is 9.31 Å². The maximum atomic E-state index is 6.54. The summed E-state index contributed by atoms with van der Waals surface area (Å²) in [4.78, 5) is 15.3. The average molecular weight is 618 g/mol. The van der Waals surface area contributed by atoms with Gasteiger partial charge >= 0.3 is 7.12 Å². The van der Waals surface area contributed by atoms with Crippen LogP contribution >= 0.6 is 11.3 Å². The Hall–Kier alpha value is -4.69. The van der Waals surface area contributed by atoms with Crippen LogP contribution in [0.5, 0.6) is 0 Å². The maximum absolute atomic E-state index is 6.54. The lowest BCUT2D eigenvalue weighted by Crippen LogP contribution is -2.41. The molecule has 3 heterocycles. The van der Waals surface area contributed by atoms with Crippen molar-refractivity contribution in [2.75, 3.05) is 0 Å². The van der Waals surface area contributed by atoms with Gasteiger partial charge in [-0.25, -0.2) is 15.0 Å². The van der Waals surface area contributed by atoms with E-state index in [1.807, 2.05) is 36.4 Å². The van der Waals surface area contributed by atoms with E-state index in [-0.39, 0.29) is 0 Å². The molecule has 1 aliphatic heterocycles. The molecule has 0 radical (unpaired) electrons. The van der Waals surface area contributed by atoms with Crippen LogP contribution in [-0.2, 0) is 9.31 Å². The Kier molecular flexibility index (Phi) is 6.87. The molecule has 8 rings (SSSR count). The first-order valence-electron chi connectivity index (χ1n) is 15.5. The highest BCUT2D eigenvalue weighted by atomic mass is 32.1. The van der Waals surface area contributed by atoms with Gasteiger partial charge in [0.15, 0.2) is 17.5 Å². The molecule has 0 bridgehead atoms. The predicted octanol–water partition coefficient (Wildman–Crippen LogP) is 9.21. The number of rotatable bonds is 5. The second kappa shape index (κ2) is 11.0. The molecular weight excluding hydrogens is 585 g/mol. The van der Waals surface area contributed by atoms with Crippen molar-refractivity contribution in [3.8, 4) is 45.3 Å². The summed E-state index contributed by atoms with van der Waals surface area (Å²) in [6, 6.07) is 41.8. The number of thiophene rings is 1. The molecule has 224 valence electrons. The SMILES string of the molecule is CC1(C)OB(c2cc(-c3nc(-c4ccccc4)nc(-c4ccc(-c5ccccc5)cc4)n3)c3sc4ccccc4c3c2)OC1(C)C. The molecule has 0 atom stereocenters. The number of benzene rings is 5. The summed E-state index contributed by atoms with van der Waals surface area (Å²) in [6.07, 6.45) is 0. The first-order valence-corrected chi connectivity index (χ1v) is 16.4. The Morgan fingerprint density at radius 1 is 0.522 bits per heavy atom. The highest BCUT2D eigenvalue weighted by Crippen LogP contribution is 2.41. The van der Waals surface area contributed by atoms with Crippen LogP contribution in [0, 0.1) is 0 Å². The van der Waals surface area contributed by atoms with Crippen LogP contribution in [0.1, 0.15) is 27.7 Å². The second-order valence-electron chi connectivity index (χ2n) is 12.7. The van der Waals surface area contributed by atoms with E-state index in [0.29, 0.717) is 17.5 Å². The summed E-state index contributed by atoms with van der Waals surface area (Å²) in [5.41, 5.74) is 5.13. The minimum Gasteiger partial charge on any atom is -0.399 e. The molecule has 0 aliphatic carbocycles. The molecule has 46 heavy (non-hydrogen) atoms. The summed E-state index contributed by atoms with van der Waals surface area (Å²) < 4.78 is 15.4. The quantitative estimate of drug-likeness (QED) is 0.180. The number of nitrogens with zero attached hydrogens (tertiary/aromatic N) is 3. The summed E-state index contributed by atoms with van der Waals surface area (Å²) >= 11 is 1.75. The Balaban J connectivity index is 1.33. The molecule has 0 unspecified atom stereocenters. The molecule has 2 aromatic heterocycles. The number of fused-ring (bicyclic) bond motifs is 3. The summed E-state index contributed by atoms with van der Waals surface area (Å²) in [5, 5.41) is 2.33. The van der Waals surface area contributed by atoms with Gasteiger partial charge in [0.05, 0.1) is 11.2 Å². The summed E-state index contributed by atoms with van der Waals surface area (Å²) in [5.74, 6) is 1.87. The fraction of sp³-hybridized carbons (Fsp3) is 0.154. The van der Waals surface area contributed by atoms with Crippen LogP contribution in [0.15, 0.2) is 121 Å². The van der Waals surface area contributed by atoms with Gasteiger partial charge < -0.3 is 9.31 Å². The molecule has 1 fully saturated rings. The fourth-order valence-corrected chi connectivity index (χ4v) is 7.11. The smallest absolute Gasteiger partial charge is 0.399 e.